The van der Waals surface area contributed by atoms with Crippen molar-refractivity contribution in [1.29, 1.82) is 0 Å². The Labute approximate surface area is 171 Å². The Kier molecular flexibility index (Phi) is 5.59. The van der Waals surface area contributed by atoms with Crippen LogP contribution in [0.1, 0.15) is 71.6 Å². The molecular weight excluding hydrogens is 381 g/mol. The van der Waals surface area contributed by atoms with E-state index in [1.807, 2.05) is 13.8 Å². The van der Waals surface area contributed by atoms with Crippen LogP contribution < -0.4 is 0 Å². The van der Waals surface area contributed by atoms with E-state index in [1.54, 1.807) is 0 Å². The van der Waals surface area contributed by atoms with Gasteiger partial charge in [-0.3, -0.25) is 4.79 Å². The molecular formula is C23H35F3O3. The van der Waals surface area contributed by atoms with Gasteiger partial charge in [-0.1, -0.05) is 6.92 Å². The number of aliphatic hydroxyl groups is 1. The molecule has 4 fully saturated rings. The largest absolute Gasteiger partial charge is 0.450 e. The Morgan fingerprint density at radius 2 is 1.76 bits per heavy atom. The molecule has 29 heavy (non-hydrogen) atoms. The van der Waals surface area contributed by atoms with Crippen LogP contribution in [0.3, 0.4) is 0 Å². The summed E-state index contributed by atoms with van der Waals surface area (Å²) in [4.78, 5) is 12.1. The van der Waals surface area contributed by atoms with Crippen LogP contribution in [-0.2, 0) is 9.53 Å². The summed E-state index contributed by atoms with van der Waals surface area (Å²) < 4.78 is 45.0. The van der Waals surface area contributed by atoms with Crippen molar-refractivity contribution in [3.8, 4) is 0 Å². The summed E-state index contributed by atoms with van der Waals surface area (Å²) in [6.07, 6.45) is 2.72. The van der Waals surface area contributed by atoms with Gasteiger partial charge in [-0.15, -0.1) is 0 Å². The van der Waals surface area contributed by atoms with Crippen LogP contribution in [0.2, 0.25) is 0 Å². The van der Waals surface area contributed by atoms with Crippen molar-refractivity contribution in [1.82, 2.24) is 0 Å². The predicted molar refractivity (Wildman–Crippen MR) is 103 cm³/mol. The molecule has 1 N–H and O–H groups in total. The van der Waals surface area contributed by atoms with Gasteiger partial charge >= 0.3 is 6.18 Å². The molecule has 0 saturated heterocycles. The van der Waals surface area contributed by atoms with Crippen molar-refractivity contribution < 1.29 is 27.8 Å². The summed E-state index contributed by atoms with van der Waals surface area (Å²) in [5.41, 5.74) is -1.21. The highest BCUT2D eigenvalue weighted by atomic mass is 19.4. The number of Topliss-reactive ketones (excluding diaryl/α,β-unsaturated/α-hetero) is 1. The van der Waals surface area contributed by atoms with Crippen molar-refractivity contribution in [3.05, 3.63) is 0 Å². The summed E-state index contributed by atoms with van der Waals surface area (Å²) in [5, 5.41) is 10.9. The molecule has 0 bridgehead atoms. The number of hydrogen-bond donors (Lipinski definition) is 1. The van der Waals surface area contributed by atoms with E-state index in [0.717, 1.165) is 51.4 Å². The molecule has 0 radical (unpaired) electrons. The maximum Gasteiger partial charge on any atom is 0.450 e. The average Bonchev–Trinajstić information content (AvgIpc) is 3.01. The second-order valence-electron chi connectivity index (χ2n) is 10.6. The first-order chi connectivity index (χ1) is 13.6. The second kappa shape index (κ2) is 7.51. The van der Waals surface area contributed by atoms with E-state index in [9.17, 15) is 23.1 Å². The third-order valence-corrected chi connectivity index (χ3v) is 9.27. The van der Waals surface area contributed by atoms with E-state index >= 15 is 0 Å². The lowest BCUT2D eigenvalue weighted by atomic mass is 9.49. The zero-order chi connectivity index (χ0) is 21.0. The minimum absolute atomic E-state index is 0.239. The third kappa shape index (κ3) is 3.66. The Hall–Kier alpha value is -0.620. The smallest absolute Gasteiger partial charge is 0.387 e. The zero-order valence-electron chi connectivity index (χ0n) is 17.6. The van der Waals surface area contributed by atoms with E-state index in [4.69, 9.17) is 4.74 Å². The van der Waals surface area contributed by atoms with E-state index in [2.05, 4.69) is 0 Å². The summed E-state index contributed by atoms with van der Waals surface area (Å²) in [5.74, 6) is -0.0569. The standard InChI is InChI=1S/C23H35F3O3/c1-3-29-13-22(28)11-9-15-14(12-22)4-5-17-16(15)8-10-21(2)18(17)6-7-19(21)20(27)23(24,25)26/h14-19,28H,3-13H2,1-2H3/t14-,15+,16-,17-,18+,19-,21+,22-/m1/s1. The van der Waals surface area contributed by atoms with E-state index < -0.39 is 28.9 Å². The van der Waals surface area contributed by atoms with Crippen LogP contribution >= 0.6 is 0 Å². The number of rotatable bonds is 4. The van der Waals surface area contributed by atoms with Crippen molar-refractivity contribution in [2.24, 2.45) is 40.9 Å². The molecule has 0 unspecified atom stereocenters. The van der Waals surface area contributed by atoms with Crippen LogP contribution in [0, 0.1) is 40.9 Å². The molecule has 166 valence electrons. The van der Waals surface area contributed by atoms with Gasteiger partial charge in [0.2, 0.25) is 5.78 Å². The molecule has 4 aliphatic carbocycles. The molecule has 6 heteroatoms. The Morgan fingerprint density at radius 1 is 1.03 bits per heavy atom. The van der Waals surface area contributed by atoms with E-state index in [0.29, 0.717) is 43.3 Å². The highest BCUT2D eigenvalue weighted by molar-refractivity contribution is 5.87. The van der Waals surface area contributed by atoms with Crippen LogP contribution in [-0.4, -0.2) is 35.9 Å². The van der Waals surface area contributed by atoms with Crippen molar-refractivity contribution in [2.75, 3.05) is 13.2 Å². The number of fused-ring (bicyclic) bond motifs is 5. The monoisotopic (exact) mass is 416 g/mol. The minimum atomic E-state index is -4.72. The normalized spacial score (nSPS) is 47.2. The molecule has 0 spiro atoms. The lowest BCUT2D eigenvalue weighted by molar-refractivity contribution is -0.182. The molecule has 4 rings (SSSR count). The summed E-state index contributed by atoms with van der Waals surface area (Å²) in [6, 6.07) is 0. The summed E-state index contributed by atoms with van der Waals surface area (Å²) in [6.45, 7) is 4.92. The van der Waals surface area contributed by atoms with Gasteiger partial charge in [0, 0.05) is 12.5 Å². The van der Waals surface area contributed by atoms with Crippen LogP contribution in [0.5, 0.6) is 0 Å². The highest BCUT2D eigenvalue weighted by Crippen LogP contribution is 2.65. The minimum Gasteiger partial charge on any atom is -0.387 e. The lowest BCUT2D eigenvalue weighted by Gasteiger charge is -2.57. The fraction of sp³-hybridized carbons (Fsp3) is 0.957. The maximum atomic E-state index is 13.2. The molecule has 0 heterocycles. The molecule has 4 saturated carbocycles. The molecule has 0 aliphatic heterocycles. The van der Waals surface area contributed by atoms with Gasteiger partial charge in [-0.05, 0) is 99.7 Å². The Morgan fingerprint density at radius 3 is 2.45 bits per heavy atom. The summed E-state index contributed by atoms with van der Waals surface area (Å²) >= 11 is 0. The van der Waals surface area contributed by atoms with Gasteiger partial charge in [0.15, 0.2) is 0 Å². The molecule has 4 aliphatic rings. The van der Waals surface area contributed by atoms with E-state index in [1.165, 1.54) is 0 Å². The predicted octanol–water partition coefficient (Wildman–Crippen LogP) is 5.15. The number of halogens is 3. The first-order valence-corrected chi connectivity index (χ1v) is 11.5. The quantitative estimate of drug-likeness (QED) is 0.689. The van der Waals surface area contributed by atoms with Crippen LogP contribution in [0.15, 0.2) is 0 Å². The lowest BCUT2D eigenvalue weighted by Crippen LogP contribution is -2.52. The van der Waals surface area contributed by atoms with Gasteiger partial charge in [0.1, 0.15) is 0 Å². The maximum absolute atomic E-state index is 13.2. The number of hydrogen-bond acceptors (Lipinski definition) is 3. The SMILES string of the molecule is CCOC[C@@]1(O)CC[C@H]2[C@H](CC[C@@H]3[C@@H]2CC[C@]2(C)[C@@H](C(=O)C(F)(F)F)CC[C@@H]32)C1. The number of alkyl halides is 3. The Balaban J connectivity index is 1.48. The molecule has 8 atom stereocenters. The highest BCUT2D eigenvalue weighted by Gasteiger charge is 2.61. The fourth-order valence-electron chi connectivity index (χ4n) is 8.01. The molecule has 0 aromatic heterocycles. The van der Waals surface area contributed by atoms with Crippen molar-refractivity contribution in [3.63, 3.8) is 0 Å². The van der Waals surface area contributed by atoms with Crippen LogP contribution in [0.25, 0.3) is 0 Å². The number of ether oxygens (including phenoxy) is 1. The van der Waals surface area contributed by atoms with Gasteiger partial charge in [0.25, 0.3) is 0 Å². The van der Waals surface area contributed by atoms with E-state index in [-0.39, 0.29) is 5.92 Å². The van der Waals surface area contributed by atoms with Crippen LogP contribution in [0.4, 0.5) is 13.2 Å². The average molecular weight is 417 g/mol. The number of carbonyl (C=O) groups is 1. The number of carbonyl (C=O) groups excluding carboxylic acids is 1. The molecule has 0 aromatic rings. The van der Waals surface area contributed by atoms with Gasteiger partial charge in [-0.2, -0.15) is 13.2 Å². The second-order valence-corrected chi connectivity index (χ2v) is 10.6. The first-order valence-electron chi connectivity index (χ1n) is 11.5. The molecule has 0 aromatic carbocycles. The molecule has 0 amide bonds. The van der Waals surface area contributed by atoms with Crippen molar-refractivity contribution >= 4 is 5.78 Å². The van der Waals surface area contributed by atoms with Gasteiger partial charge < -0.3 is 9.84 Å². The third-order valence-electron chi connectivity index (χ3n) is 9.27. The molecule has 3 nitrogen and oxygen atoms in total. The number of ketones is 1. The zero-order valence-corrected chi connectivity index (χ0v) is 17.6. The fourth-order valence-corrected chi connectivity index (χ4v) is 8.01. The topological polar surface area (TPSA) is 46.5 Å². The Bertz CT molecular complexity index is 635. The first kappa shape index (κ1) is 21.6. The van der Waals surface area contributed by atoms with Crippen molar-refractivity contribution in [2.45, 2.75) is 83.4 Å². The van der Waals surface area contributed by atoms with Gasteiger partial charge in [0.05, 0.1) is 12.2 Å². The summed E-state index contributed by atoms with van der Waals surface area (Å²) in [7, 11) is 0. The van der Waals surface area contributed by atoms with Gasteiger partial charge in [-0.25, -0.2) is 0 Å².